The summed E-state index contributed by atoms with van der Waals surface area (Å²) in [5, 5.41) is 4.18. The van der Waals surface area contributed by atoms with Crippen LogP contribution in [-0.2, 0) is 13.0 Å². The Hall–Kier alpha value is -1.34. The van der Waals surface area contributed by atoms with Gasteiger partial charge in [-0.3, -0.25) is 9.98 Å². The number of aryl methyl sites for hydroxylation is 1. The summed E-state index contributed by atoms with van der Waals surface area (Å²) >= 11 is 6.23. The van der Waals surface area contributed by atoms with Crippen LogP contribution >= 0.6 is 35.6 Å². The quantitative estimate of drug-likeness (QED) is 0.419. The molecule has 130 valence electrons. The highest BCUT2D eigenvalue weighted by Gasteiger charge is 2.08. The van der Waals surface area contributed by atoms with Crippen molar-refractivity contribution in [1.82, 2.24) is 15.2 Å². The van der Waals surface area contributed by atoms with E-state index in [4.69, 9.17) is 11.6 Å². The second-order valence-corrected chi connectivity index (χ2v) is 5.88. The van der Waals surface area contributed by atoms with E-state index >= 15 is 0 Å². The Morgan fingerprint density at radius 2 is 2.00 bits per heavy atom. The first-order valence-corrected chi connectivity index (χ1v) is 8.04. The zero-order chi connectivity index (χ0) is 16.7. The van der Waals surface area contributed by atoms with Crippen LogP contribution in [-0.4, -0.2) is 36.5 Å². The lowest BCUT2D eigenvalue weighted by Gasteiger charge is -2.22. The molecule has 0 aliphatic heterocycles. The van der Waals surface area contributed by atoms with Gasteiger partial charge in [-0.2, -0.15) is 0 Å². The zero-order valence-electron chi connectivity index (χ0n) is 14.3. The van der Waals surface area contributed by atoms with Crippen LogP contribution in [0.5, 0.6) is 0 Å². The molecule has 2 aromatic rings. The molecule has 2 rings (SSSR count). The first-order chi connectivity index (χ1) is 11.1. The van der Waals surface area contributed by atoms with E-state index in [1.54, 1.807) is 7.05 Å². The van der Waals surface area contributed by atoms with Gasteiger partial charge >= 0.3 is 0 Å². The minimum Gasteiger partial charge on any atom is -0.356 e. The minimum atomic E-state index is 0. The molecule has 0 spiro atoms. The normalized spacial score (nSPS) is 10.9. The Morgan fingerprint density at radius 3 is 2.67 bits per heavy atom. The van der Waals surface area contributed by atoms with Crippen LogP contribution in [0, 0.1) is 6.92 Å². The SMILES string of the molecule is CN=C(NCCc1ccncc1C)N(C)Cc1ccccc1Cl.I. The highest BCUT2D eigenvalue weighted by molar-refractivity contribution is 14.0. The monoisotopic (exact) mass is 458 g/mol. The van der Waals surface area contributed by atoms with E-state index in [1.807, 2.05) is 43.7 Å². The van der Waals surface area contributed by atoms with Gasteiger partial charge in [-0.05, 0) is 42.2 Å². The third-order valence-corrected chi connectivity index (χ3v) is 4.12. The lowest BCUT2D eigenvalue weighted by atomic mass is 10.1. The van der Waals surface area contributed by atoms with Crippen LogP contribution in [0.2, 0.25) is 5.02 Å². The molecule has 24 heavy (non-hydrogen) atoms. The molecule has 0 amide bonds. The third-order valence-electron chi connectivity index (χ3n) is 3.75. The van der Waals surface area contributed by atoms with Gasteiger partial charge in [0.25, 0.3) is 0 Å². The van der Waals surface area contributed by atoms with Gasteiger partial charge in [0.05, 0.1) is 0 Å². The van der Waals surface area contributed by atoms with Gasteiger partial charge in [0.1, 0.15) is 0 Å². The van der Waals surface area contributed by atoms with E-state index < -0.39 is 0 Å². The smallest absolute Gasteiger partial charge is 0.193 e. The summed E-state index contributed by atoms with van der Waals surface area (Å²) in [5.74, 6) is 0.858. The molecule has 6 heteroatoms. The number of aromatic nitrogens is 1. The molecule has 0 aliphatic rings. The van der Waals surface area contributed by atoms with Gasteiger partial charge < -0.3 is 10.2 Å². The number of halogens is 2. The predicted molar refractivity (Wildman–Crippen MR) is 112 cm³/mol. The Bertz CT molecular complexity index is 676. The molecule has 1 aromatic carbocycles. The number of aliphatic imine (C=N–C) groups is 1. The highest BCUT2D eigenvalue weighted by atomic mass is 127. The van der Waals surface area contributed by atoms with Crippen LogP contribution < -0.4 is 5.32 Å². The van der Waals surface area contributed by atoms with E-state index in [1.165, 1.54) is 11.1 Å². The van der Waals surface area contributed by atoms with Gasteiger partial charge in [0.15, 0.2) is 5.96 Å². The number of pyridine rings is 1. The molecule has 0 unspecified atom stereocenters. The first kappa shape index (κ1) is 20.7. The maximum atomic E-state index is 6.23. The van der Waals surface area contributed by atoms with E-state index in [-0.39, 0.29) is 24.0 Å². The van der Waals surface area contributed by atoms with Crippen molar-refractivity contribution in [3.05, 3.63) is 64.4 Å². The van der Waals surface area contributed by atoms with Crippen molar-refractivity contribution in [3.8, 4) is 0 Å². The average molecular weight is 459 g/mol. The van der Waals surface area contributed by atoms with Crippen molar-refractivity contribution < 1.29 is 0 Å². The molecule has 1 N–H and O–H groups in total. The van der Waals surface area contributed by atoms with E-state index in [0.717, 1.165) is 29.5 Å². The molecule has 4 nitrogen and oxygen atoms in total. The van der Waals surface area contributed by atoms with Crippen LogP contribution in [0.1, 0.15) is 16.7 Å². The van der Waals surface area contributed by atoms with Crippen molar-refractivity contribution in [1.29, 1.82) is 0 Å². The van der Waals surface area contributed by atoms with Gasteiger partial charge in [0.2, 0.25) is 0 Å². The molecule has 1 aromatic heterocycles. The Labute approximate surface area is 166 Å². The minimum absolute atomic E-state index is 0. The summed E-state index contributed by atoms with van der Waals surface area (Å²) in [5.41, 5.74) is 3.61. The van der Waals surface area contributed by atoms with Crippen LogP contribution in [0.25, 0.3) is 0 Å². The van der Waals surface area contributed by atoms with E-state index in [0.29, 0.717) is 6.54 Å². The van der Waals surface area contributed by atoms with Gasteiger partial charge in [-0.1, -0.05) is 29.8 Å². The van der Waals surface area contributed by atoms with Crippen molar-refractivity contribution in [2.45, 2.75) is 19.9 Å². The van der Waals surface area contributed by atoms with E-state index in [2.05, 4.69) is 33.2 Å². The Kier molecular flexibility index (Phi) is 9.07. The average Bonchev–Trinajstić information content (AvgIpc) is 2.55. The van der Waals surface area contributed by atoms with Crippen molar-refractivity contribution in [2.75, 3.05) is 20.6 Å². The molecule has 0 aliphatic carbocycles. The number of hydrogen-bond donors (Lipinski definition) is 1. The standard InChI is InChI=1S/C18H23ClN4.HI/c1-14-12-21-10-8-15(14)9-11-22-18(20-2)23(3)13-16-6-4-5-7-17(16)19;/h4-8,10,12H,9,11,13H2,1-3H3,(H,20,22);1H. The molecule has 0 bridgehead atoms. The zero-order valence-corrected chi connectivity index (χ0v) is 17.4. The topological polar surface area (TPSA) is 40.5 Å². The molecular formula is C18H24ClIN4. The van der Waals surface area contributed by atoms with Crippen molar-refractivity contribution in [3.63, 3.8) is 0 Å². The van der Waals surface area contributed by atoms with Gasteiger partial charge in [-0.15, -0.1) is 24.0 Å². The largest absolute Gasteiger partial charge is 0.356 e. The second kappa shape index (κ2) is 10.5. The molecule has 1 heterocycles. The number of rotatable bonds is 5. The summed E-state index contributed by atoms with van der Waals surface area (Å²) in [6.07, 6.45) is 4.67. The van der Waals surface area contributed by atoms with E-state index in [9.17, 15) is 0 Å². The Morgan fingerprint density at radius 1 is 1.25 bits per heavy atom. The summed E-state index contributed by atoms with van der Waals surface area (Å²) in [7, 11) is 3.81. The lowest BCUT2D eigenvalue weighted by Crippen LogP contribution is -2.39. The van der Waals surface area contributed by atoms with Crippen LogP contribution in [0.3, 0.4) is 0 Å². The van der Waals surface area contributed by atoms with Gasteiger partial charge in [-0.25, -0.2) is 0 Å². The summed E-state index contributed by atoms with van der Waals surface area (Å²) < 4.78 is 0. The number of benzene rings is 1. The Balaban J connectivity index is 0.00000288. The number of nitrogens with zero attached hydrogens (tertiary/aromatic N) is 3. The fraction of sp³-hybridized carbons (Fsp3) is 0.333. The van der Waals surface area contributed by atoms with Crippen LogP contribution in [0.4, 0.5) is 0 Å². The number of guanidine groups is 1. The van der Waals surface area contributed by atoms with Crippen molar-refractivity contribution >= 4 is 41.5 Å². The molecule has 0 radical (unpaired) electrons. The third kappa shape index (κ3) is 5.94. The molecule has 0 atom stereocenters. The fourth-order valence-corrected chi connectivity index (χ4v) is 2.63. The number of nitrogens with one attached hydrogen (secondary N) is 1. The summed E-state index contributed by atoms with van der Waals surface area (Å²) in [6.45, 7) is 3.62. The van der Waals surface area contributed by atoms with Crippen molar-refractivity contribution in [2.24, 2.45) is 4.99 Å². The molecule has 0 fully saturated rings. The summed E-state index contributed by atoms with van der Waals surface area (Å²) in [4.78, 5) is 10.5. The fourth-order valence-electron chi connectivity index (χ4n) is 2.43. The maximum absolute atomic E-state index is 6.23. The molecule has 0 saturated heterocycles. The molecular weight excluding hydrogens is 435 g/mol. The maximum Gasteiger partial charge on any atom is 0.193 e. The van der Waals surface area contributed by atoms with Gasteiger partial charge in [0, 0.05) is 44.6 Å². The second-order valence-electron chi connectivity index (χ2n) is 5.47. The summed E-state index contributed by atoms with van der Waals surface area (Å²) in [6, 6.07) is 9.94. The first-order valence-electron chi connectivity index (χ1n) is 7.66. The highest BCUT2D eigenvalue weighted by Crippen LogP contribution is 2.16. The predicted octanol–water partition coefficient (Wildman–Crippen LogP) is 3.91. The number of hydrogen-bond acceptors (Lipinski definition) is 2. The molecule has 0 saturated carbocycles. The lowest BCUT2D eigenvalue weighted by molar-refractivity contribution is 0.477. The van der Waals surface area contributed by atoms with Crippen LogP contribution in [0.15, 0.2) is 47.7 Å².